The maximum Gasteiger partial charge on any atom is 0.227 e. The summed E-state index contributed by atoms with van der Waals surface area (Å²) in [5.41, 5.74) is 2.24. The molecule has 3 nitrogen and oxygen atoms in total. The van der Waals surface area contributed by atoms with E-state index in [9.17, 15) is 4.79 Å². The van der Waals surface area contributed by atoms with Gasteiger partial charge < -0.3 is 10.6 Å². The molecule has 1 heterocycles. The number of halogens is 1. The molecule has 0 saturated carbocycles. The first-order chi connectivity index (χ1) is 9.51. The van der Waals surface area contributed by atoms with Crippen LogP contribution in [0.2, 0.25) is 0 Å². The zero-order valence-corrected chi connectivity index (χ0v) is 14.1. The molecule has 2 N–H and O–H groups in total. The molecular formula is C17H27ClN2O. The Bertz CT molecular complexity index is 450. The van der Waals surface area contributed by atoms with Crippen LogP contribution < -0.4 is 10.6 Å². The molecule has 1 amide bonds. The van der Waals surface area contributed by atoms with Crippen LogP contribution in [0.25, 0.3) is 0 Å². The number of benzene rings is 1. The van der Waals surface area contributed by atoms with Gasteiger partial charge in [-0.1, -0.05) is 38.1 Å². The molecule has 0 aliphatic carbocycles. The monoisotopic (exact) mass is 310 g/mol. The quantitative estimate of drug-likeness (QED) is 0.896. The lowest BCUT2D eigenvalue weighted by Gasteiger charge is -2.32. The standard InChI is InChI=1S/C17H26N2O.ClH/c1-13(2)15-7-5-14(6-8-15)11-19-16(20)17(3)9-4-10-18-12-17;/h5-8,13,18H,4,9-12H2,1-3H3,(H,19,20);1H. The van der Waals surface area contributed by atoms with Crippen LogP contribution in [0.15, 0.2) is 24.3 Å². The van der Waals surface area contributed by atoms with Crippen LogP contribution in [-0.2, 0) is 11.3 Å². The van der Waals surface area contributed by atoms with E-state index in [-0.39, 0.29) is 23.7 Å². The van der Waals surface area contributed by atoms with Crippen molar-refractivity contribution in [2.75, 3.05) is 13.1 Å². The minimum Gasteiger partial charge on any atom is -0.352 e. The maximum atomic E-state index is 12.3. The Labute approximate surface area is 134 Å². The number of amides is 1. The summed E-state index contributed by atoms with van der Waals surface area (Å²) >= 11 is 0. The summed E-state index contributed by atoms with van der Waals surface area (Å²) in [5.74, 6) is 0.712. The van der Waals surface area contributed by atoms with E-state index >= 15 is 0 Å². The van der Waals surface area contributed by atoms with Gasteiger partial charge in [-0.25, -0.2) is 0 Å². The molecule has 0 aromatic heterocycles. The second-order valence-electron chi connectivity index (χ2n) is 6.42. The molecule has 1 saturated heterocycles. The van der Waals surface area contributed by atoms with E-state index in [0.29, 0.717) is 12.5 Å². The molecule has 1 aromatic carbocycles. The fourth-order valence-corrected chi connectivity index (χ4v) is 2.67. The lowest BCUT2D eigenvalue weighted by atomic mass is 9.82. The number of carbonyl (C=O) groups excluding carboxylic acids is 1. The molecule has 2 rings (SSSR count). The molecule has 1 unspecified atom stereocenters. The van der Waals surface area contributed by atoms with Gasteiger partial charge in [0.15, 0.2) is 0 Å². The van der Waals surface area contributed by atoms with Crippen molar-refractivity contribution in [3.05, 3.63) is 35.4 Å². The van der Waals surface area contributed by atoms with Crippen LogP contribution >= 0.6 is 12.4 Å². The second kappa shape index (κ2) is 7.81. The Morgan fingerprint density at radius 3 is 2.52 bits per heavy atom. The van der Waals surface area contributed by atoms with Crippen molar-refractivity contribution in [1.29, 1.82) is 0 Å². The average molecular weight is 311 g/mol. The van der Waals surface area contributed by atoms with Crippen LogP contribution in [0, 0.1) is 5.41 Å². The van der Waals surface area contributed by atoms with Crippen LogP contribution in [0.3, 0.4) is 0 Å². The van der Waals surface area contributed by atoms with Crippen molar-refractivity contribution in [2.24, 2.45) is 5.41 Å². The third-order valence-electron chi connectivity index (χ3n) is 4.24. The summed E-state index contributed by atoms with van der Waals surface area (Å²) in [4.78, 5) is 12.3. The lowest BCUT2D eigenvalue weighted by molar-refractivity contribution is -0.131. The van der Waals surface area contributed by atoms with Gasteiger partial charge in [-0.3, -0.25) is 4.79 Å². The Hall–Kier alpha value is -1.06. The number of hydrogen-bond acceptors (Lipinski definition) is 2. The zero-order valence-electron chi connectivity index (χ0n) is 13.2. The summed E-state index contributed by atoms with van der Waals surface area (Å²) in [6.07, 6.45) is 2.05. The average Bonchev–Trinajstić information content (AvgIpc) is 2.46. The Morgan fingerprint density at radius 1 is 1.33 bits per heavy atom. The number of rotatable bonds is 4. The Morgan fingerprint density at radius 2 is 2.00 bits per heavy atom. The van der Waals surface area contributed by atoms with E-state index < -0.39 is 0 Å². The van der Waals surface area contributed by atoms with Gasteiger partial charge in [0, 0.05) is 13.1 Å². The highest BCUT2D eigenvalue weighted by atomic mass is 35.5. The largest absolute Gasteiger partial charge is 0.352 e. The van der Waals surface area contributed by atoms with Crippen molar-refractivity contribution in [1.82, 2.24) is 10.6 Å². The molecule has 0 spiro atoms. The van der Waals surface area contributed by atoms with Gasteiger partial charge >= 0.3 is 0 Å². The van der Waals surface area contributed by atoms with Crippen molar-refractivity contribution < 1.29 is 4.79 Å². The van der Waals surface area contributed by atoms with E-state index in [1.54, 1.807) is 0 Å². The van der Waals surface area contributed by atoms with Crippen molar-refractivity contribution in [2.45, 2.75) is 46.1 Å². The Kier molecular flexibility index (Phi) is 6.69. The topological polar surface area (TPSA) is 41.1 Å². The van der Waals surface area contributed by atoms with E-state index in [4.69, 9.17) is 0 Å². The number of nitrogens with one attached hydrogen (secondary N) is 2. The molecular weight excluding hydrogens is 284 g/mol. The van der Waals surface area contributed by atoms with Crippen molar-refractivity contribution >= 4 is 18.3 Å². The number of hydrogen-bond donors (Lipinski definition) is 2. The normalized spacial score (nSPS) is 21.7. The van der Waals surface area contributed by atoms with Gasteiger partial charge in [0.05, 0.1) is 5.41 Å². The maximum absolute atomic E-state index is 12.3. The fraction of sp³-hybridized carbons (Fsp3) is 0.588. The van der Waals surface area contributed by atoms with Crippen LogP contribution in [-0.4, -0.2) is 19.0 Å². The lowest BCUT2D eigenvalue weighted by Crippen LogP contribution is -2.48. The molecule has 1 aliphatic heterocycles. The highest BCUT2D eigenvalue weighted by Gasteiger charge is 2.34. The van der Waals surface area contributed by atoms with Crippen molar-refractivity contribution in [3.8, 4) is 0 Å². The van der Waals surface area contributed by atoms with Gasteiger partial charge in [-0.05, 0) is 43.4 Å². The van der Waals surface area contributed by atoms with Gasteiger partial charge in [0.25, 0.3) is 0 Å². The van der Waals surface area contributed by atoms with Gasteiger partial charge in [0.1, 0.15) is 0 Å². The van der Waals surface area contributed by atoms with E-state index in [1.165, 1.54) is 5.56 Å². The van der Waals surface area contributed by atoms with E-state index in [1.807, 2.05) is 0 Å². The third kappa shape index (κ3) is 4.72. The minimum atomic E-state index is -0.254. The molecule has 0 bridgehead atoms. The summed E-state index contributed by atoms with van der Waals surface area (Å²) in [6, 6.07) is 8.51. The van der Waals surface area contributed by atoms with Gasteiger partial charge in [-0.2, -0.15) is 0 Å². The van der Waals surface area contributed by atoms with Crippen molar-refractivity contribution in [3.63, 3.8) is 0 Å². The molecule has 4 heteroatoms. The summed E-state index contributed by atoms with van der Waals surface area (Å²) in [6.45, 7) is 8.86. The van der Waals surface area contributed by atoms with Gasteiger partial charge in [0.2, 0.25) is 5.91 Å². The summed E-state index contributed by atoms with van der Waals surface area (Å²) in [7, 11) is 0. The third-order valence-corrected chi connectivity index (χ3v) is 4.24. The van der Waals surface area contributed by atoms with E-state index in [2.05, 4.69) is 55.7 Å². The highest BCUT2D eigenvalue weighted by Crippen LogP contribution is 2.25. The molecule has 1 aromatic rings. The van der Waals surface area contributed by atoms with Crippen LogP contribution in [0.1, 0.15) is 50.7 Å². The number of carbonyl (C=O) groups is 1. The molecule has 21 heavy (non-hydrogen) atoms. The summed E-state index contributed by atoms with van der Waals surface area (Å²) < 4.78 is 0. The summed E-state index contributed by atoms with van der Waals surface area (Å²) in [5, 5.41) is 6.39. The van der Waals surface area contributed by atoms with Gasteiger partial charge in [-0.15, -0.1) is 12.4 Å². The molecule has 0 radical (unpaired) electrons. The Balaban J connectivity index is 0.00000220. The molecule has 1 aliphatic rings. The van der Waals surface area contributed by atoms with Crippen LogP contribution in [0.4, 0.5) is 0 Å². The zero-order chi connectivity index (χ0) is 14.6. The fourth-order valence-electron chi connectivity index (χ4n) is 2.67. The van der Waals surface area contributed by atoms with Crippen LogP contribution in [0.5, 0.6) is 0 Å². The smallest absolute Gasteiger partial charge is 0.227 e. The highest BCUT2D eigenvalue weighted by molar-refractivity contribution is 5.85. The predicted octanol–water partition coefficient (Wildman–Crippen LogP) is 3.24. The second-order valence-corrected chi connectivity index (χ2v) is 6.42. The molecule has 1 fully saturated rings. The predicted molar refractivity (Wildman–Crippen MR) is 89.8 cm³/mol. The SMILES string of the molecule is CC(C)c1ccc(CNC(=O)C2(C)CCCNC2)cc1.Cl. The minimum absolute atomic E-state index is 0. The first kappa shape index (κ1) is 18.0. The van der Waals surface area contributed by atoms with E-state index in [0.717, 1.165) is 31.5 Å². The molecule has 118 valence electrons. The number of piperidine rings is 1. The molecule has 1 atom stereocenters. The first-order valence-corrected chi connectivity index (χ1v) is 7.59. The first-order valence-electron chi connectivity index (χ1n) is 7.59.